The summed E-state index contributed by atoms with van der Waals surface area (Å²) in [6.45, 7) is 2.13. The zero-order valence-corrected chi connectivity index (χ0v) is 36.3. The third-order valence-electron chi connectivity index (χ3n) is 12.8. The number of fused-ring (bicyclic) bond motifs is 6. The first kappa shape index (κ1) is 39.0. The van der Waals surface area contributed by atoms with Crippen molar-refractivity contribution in [3.05, 3.63) is 254 Å². The normalized spacial score (nSPS) is 11.5. The molecule has 0 atom stereocenters. The van der Waals surface area contributed by atoms with E-state index in [0.29, 0.717) is 0 Å². The van der Waals surface area contributed by atoms with Crippen LogP contribution in [-0.4, -0.2) is 9.13 Å². The van der Waals surface area contributed by atoms with Crippen LogP contribution in [0.5, 0.6) is 0 Å². The molecule has 2 aromatic heterocycles. The molecule has 0 aliphatic carbocycles. The molecule has 0 aliphatic heterocycles. The van der Waals surface area contributed by atoms with Gasteiger partial charge in [-0.05, 0) is 152 Å². The van der Waals surface area contributed by atoms with E-state index in [9.17, 15) is 4.39 Å². The number of hydrogen-bond acceptors (Lipinski definition) is 2. The molecule has 5 heteroatoms. The first-order chi connectivity index (χ1) is 32.6. The first-order valence-electron chi connectivity index (χ1n) is 22.4. The molecular weight excluding hydrogens is 808 g/mol. The van der Waals surface area contributed by atoms with Crippen LogP contribution >= 0.6 is 0 Å². The molecule has 10 aromatic carbocycles. The van der Waals surface area contributed by atoms with Gasteiger partial charge >= 0.3 is 0 Å². The van der Waals surface area contributed by atoms with E-state index in [-0.39, 0.29) is 5.82 Å². The lowest BCUT2D eigenvalue weighted by Gasteiger charge is -2.26. The summed E-state index contributed by atoms with van der Waals surface area (Å²) in [5, 5.41) is 4.70. The maximum absolute atomic E-state index is 14.0. The Morgan fingerprint density at radius 3 is 1.09 bits per heavy atom. The van der Waals surface area contributed by atoms with Crippen LogP contribution in [0.4, 0.5) is 38.5 Å². The summed E-state index contributed by atoms with van der Waals surface area (Å²) in [7, 11) is 0. The molecule has 0 radical (unpaired) electrons. The Morgan fingerprint density at radius 1 is 0.303 bits per heavy atom. The summed E-state index contributed by atoms with van der Waals surface area (Å²) in [5.74, 6) is -0.248. The second kappa shape index (κ2) is 16.2. The van der Waals surface area contributed by atoms with Crippen molar-refractivity contribution in [2.75, 3.05) is 9.80 Å². The Morgan fingerprint density at radius 2 is 0.652 bits per heavy atom. The molecule has 0 amide bonds. The summed E-state index contributed by atoms with van der Waals surface area (Å²) in [4.78, 5) is 4.65. The number of benzene rings is 10. The summed E-state index contributed by atoms with van der Waals surface area (Å²) in [6.07, 6.45) is 0. The molecule has 0 spiro atoms. The fourth-order valence-electron chi connectivity index (χ4n) is 9.69. The lowest BCUT2D eigenvalue weighted by Crippen LogP contribution is -2.10. The van der Waals surface area contributed by atoms with E-state index in [4.69, 9.17) is 0 Å². The summed E-state index contributed by atoms with van der Waals surface area (Å²) < 4.78 is 18.6. The number of nitrogens with zero attached hydrogens (tertiary/aromatic N) is 4. The topological polar surface area (TPSA) is 16.3 Å². The highest BCUT2D eigenvalue weighted by Gasteiger charge is 2.20. The van der Waals surface area contributed by atoms with Crippen molar-refractivity contribution in [1.29, 1.82) is 0 Å². The largest absolute Gasteiger partial charge is 0.310 e. The minimum absolute atomic E-state index is 0.248. The molecule has 0 N–H and O–H groups in total. The van der Waals surface area contributed by atoms with E-state index >= 15 is 0 Å². The highest BCUT2D eigenvalue weighted by Crippen LogP contribution is 2.42. The maximum Gasteiger partial charge on any atom is 0.123 e. The van der Waals surface area contributed by atoms with Crippen molar-refractivity contribution >= 4 is 77.7 Å². The van der Waals surface area contributed by atoms with E-state index in [1.165, 1.54) is 39.5 Å². The van der Waals surface area contributed by atoms with Crippen LogP contribution in [0.3, 0.4) is 0 Å². The molecular formula is C61H43FN4. The molecule has 66 heavy (non-hydrogen) atoms. The van der Waals surface area contributed by atoms with E-state index in [1.54, 1.807) is 0 Å². The predicted octanol–water partition coefficient (Wildman–Crippen LogP) is 16.9. The summed E-state index contributed by atoms with van der Waals surface area (Å²) >= 11 is 0. The highest BCUT2D eigenvalue weighted by atomic mass is 19.1. The Bertz CT molecular complexity index is 3440. The fourth-order valence-corrected chi connectivity index (χ4v) is 9.69. The average molecular weight is 851 g/mol. The minimum Gasteiger partial charge on any atom is -0.310 e. The molecule has 0 unspecified atom stereocenters. The molecule has 0 saturated heterocycles. The molecule has 2 heterocycles. The maximum atomic E-state index is 14.0. The van der Waals surface area contributed by atoms with Gasteiger partial charge in [0.15, 0.2) is 0 Å². The predicted molar refractivity (Wildman–Crippen MR) is 275 cm³/mol. The van der Waals surface area contributed by atoms with Gasteiger partial charge in [-0.1, -0.05) is 115 Å². The van der Waals surface area contributed by atoms with Crippen LogP contribution in [-0.2, 0) is 0 Å². The van der Waals surface area contributed by atoms with Crippen molar-refractivity contribution in [2.24, 2.45) is 0 Å². The van der Waals surface area contributed by atoms with E-state index in [2.05, 4.69) is 244 Å². The Hall–Kier alpha value is -8.67. The second-order valence-electron chi connectivity index (χ2n) is 16.9. The van der Waals surface area contributed by atoms with Crippen molar-refractivity contribution in [2.45, 2.75) is 6.92 Å². The zero-order valence-electron chi connectivity index (χ0n) is 36.3. The molecule has 12 rings (SSSR count). The fraction of sp³-hybridized carbons (Fsp3) is 0.0164. The molecule has 0 aliphatic rings. The molecule has 0 bridgehead atoms. The number of anilines is 6. The van der Waals surface area contributed by atoms with Gasteiger partial charge in [0.05, 0.1) is 22.1 Å². The molecule has 0 saturated carbocycles. The molecule has 12 aromatic rings. The number of para-hydroxylation sites is 4. The highest BCUT2D eigenvalue weighted by molar-refractivity contribution is 6.12. The lowest BCUT2D eigenvalue weighted by atomic mass is 10.0. The number of hydrogen-bond donors (Lipinski definition) is 0. The van der Waals surface area contributed by atoms with Gasteiger partial charge in [-0.25, -0.2) is 4.39 Å². The van der Waals surface area contributed by atoms with Crippen LogP contribution < -0.4 is 9.80 Å². The van der Waals surface area contributed by atoms with Crippen molar-refractivity contribution in [3.63, 3.8) is 0 Å². The minimum atomic E-state index is -0.248. The van der Waals surface area contributed by atoms with E-state index in [1.807, 2.05) is 12.1 Å². The third-order valence-corrected chi connectivity index (χ3v) is 12.8. The SMILES string of the molecule is Cc1ccc(-n2c3ccccc3c3cc(N(c4ccccc4)c4ccc(-c5ccc(N(c6ccccc6)c6ccc7c(c6)c6ccccc6n7-c6ccc(F)cc6)cc5)cc4)ccc32)cc1. The molecule has 0 fully saturated rings. The van der Waals surface area contributed by atoms with Crippen molar-refractivity contribution < 1.29 is 4.39 Å². The van der Waals surface area contributed by atoms with E-state index in [0.717, 1.165) is 78.4 Å². The zero-order chi connectivity index (χ0) is 44.1. The Labute approximate surface area is 382 Å². The average Bonchev–Trinajstić information content (AvgIpc) is 3.88. The monoisotopic (exact) mass is 850 g/mol. The van der Waals surface area contributed by atoms with E-state index < -0.39 is 0 Å². The quantitative estimate of drug-likeness (QED) is 0.144. The Balaban J connectivity index is 0.898. The smallest absolute Gasteiger partial charge is 0.123 e. The van der Waals surface area contributed by atoms with Crippen LogP contribution in [0.15, 0.2) is 243 Å². The Kier molecular flexibility index (Phi) is 9.53. The van der Waals surface area contributed by atoms with Gasteiger partial charge in [-0.3, -0.25) is 0 Å². The van der Waals surface area contributed by atoms with Gasteiger partial charge in [-0.2, -0.15) is 0 Å². The lowest BCUT2D eigenvalue weighted by molar-refractivity contribution is 0.627. The summed E-state index contributed by atoms with van der Waals surface area (Å²) in [5.41, 5.74) is 16.5. The molecule has 314 valence electrons. The van der Waals surface area contributed by atoms with Crippen LogP contribution in [0.2, 0.25) is 0 Å². The van der Waals surface area contributed by atoms with Gasteiger partial charge in [0.25, 0.3) is 0 Å². The van der Waals surface area contributed by atoms with Gasteiger partial charge in [0.1, 0.15) is 5.82 Å². The van der Waals surface area contributed by atoms with Crippen LogP contribution in [0.25, 0.3) is 66.1 Å². The van der Waals surface area contributed by atoms with Crippen LogP contribution in [0, 0.1) is 12.7 Å². The van der Waals surface area contributed by atoms with Gasteiger partial charge < -0.3 is 18.9 Å². The van der Waals surface area contributed by atoms with Gasteiger partial charge in [-0.15, -0.1) is 0 Å². The van der Waals surface area contributed by atoms with Crippen LogP contribution in [0.1, 0.15) is 5.56 Å². The first-order valence-corrected chi connectivity index (χ1v) is 22.4. The van der Waals surface area contributed by atoms with Crippen molar-refractivity contribution in [1.82, 2.24) is 9.13 Å². The molecule has 4 nitrogen and oxygen atoms in total. The second-order valence-corrected chi connectivity index (χ2v) is 16.9. The number of aromatic nitrogens is 2. The van der Waals surface area contributed by atoms with Gasteiger partial charge in [0, 0.05) is 67.0 Å². The summed E-state index contributed by atoms with van der Waals surface area (Å²) in [6, 6.07) is 85.0. The standard InChI is InChI=1S/C61H43FN4/c1-42-20-28-50(29-21-42)65-58-18-10-8-16-54(58)56-40-52(36-38-60(56)65)63(46-12-4-2-5-13-46)48-30-22-43(23-31-48)44-24-32-49(33-25-44)64(47-14-6-3-7-15-47)53-37-39-61-57(41-53)55-17-9-11-19-59(55)66(61)51-34-26-45(62)27-35-51/h2-41H,1H3. The van der Waals surface area contributed by atoms with Crippen molar-refractivity contribution in [3.8, 4) is 22.5 Å². The van der Waals surface area contributed by atoms with Gasteiger partial charge in [0.2, 0.25) is 0 Å². The third kappa shape index (κ3) is 6.77. The number of aryl methyl sites for hydroxylation is 1. The number of halogens is 1. The number of rotatable bonds is 9.